The molecule has 0 unspecified atom stereocenters. The van der Waals surface area contributed by atoms with Crippen LogP contribution in [0.5, 0.6) is 0 Å². The van der Waals surface area contributed by atoms with Crippen LogP contribution < -0.4 is 10.6 Å². The monoisotopic (exact) mass is 326 g/mol. The number of carbonyl (C=O) groups excluding carboxylic acids is 1. The van der Waals surface area contributed by atoms with Crippen LogP contribution in [0.3, 0.4) is 0 Å². The molecule has 0 spiro atoms. The first kappa shape index (κ1) is 16.6. The van der Waals surface area contributed by atoms with Crippen LogP contribution in [0.1, 0.15) is 54.8 Å². The van der Waals surface area contributed by atoms with Crippen molar-refractivity contribution in [3.63, 3.8) is 0 Å². The van der Waals surface area contributed by atoms with Gasteiger partial charge < -0.3 is 15.2 Å². The third kappa shape index (κ3) is 4.60. The van der Waals surface area contributed by atoms with Crippen LogP contribution >= 0.6 is 0 Å². The average molecular weight is 326 g/mol. The van der Waals surface area contributed by atoms with E-state index in [-0.39, 0.29) is 6.03 Å². The third-order valence-electron chi connectivity index (χ3n) is 4.70. The molecule has 1 saturated carbocycles. The van der Waals surface area contributed by atoms with Gasteiger partial charge in [0.2, 0.25) is 0 Å². The molecular weight excluding hydrogens is 300 g/mol. The number of aryl methyl sites for hydroxylation is 1. The third-order valence-corrected chi connectivity index (χ3v) is 4.70. The van der Waals surface area contributed by atoms with Gasteiger partial charge in [-0.05, 0) is 29.9 Å². The van der Waals surface area contributed by atoms with Crippen molar-refractivity contribution < 1.29 is 4.79 Å². The van der Waals surface area contributed by atoms with Gasteiger partial charge in [-0.25, -0.2) is 9.78 Å². The summed E-state index contributed by atoms with van der Waals surface area (Å²) < 4.78 is 1.86. The van der Waals surface area contributed by atoms with E-state index in [0.29, 0.717) is 13.1 Å². The topological polar surface area (TPSA) is 59.0 Å². The Labute approximate surface area is 143 Å². The number of carbonyl (C=O) groups is 1. The molecule has 0 atom stereocenters. The van der Waals surface area contributed by atoms with Gasteiger partial charge in [0.1, 0.15) is 0 Å². The van der Waals surface area contributed by atoms with Gasteiger partial charge in [-0.2, -0.15) is 0 Å². The molecule has 1 aliphatic rings. The van der Waals surface area contributed by atoms with Gasteiger partial charge in [0, 0.05) is 19.8 Å². The van der Waals surface area contributed by atoms with E-state index >= 15 is 0 Å². The lowest BCUT2D eigenvalue weighted by Gasteiger charge is -2.22. The minimum atomic E-state index is -0.169. The number of nitrogens with one attached hydrogen (secondary N) is 2. The molecule has 1 aromatic carbocycles. The first-order chi connectivity index (χ1) is 11.7. The van der Waals surface area contributed by atoms with Crippen molar-refractivity contribution in [1.82, 2.24) is 20.2 Å². The Hall–Kier alpha value is -2.30. The molecule has 0 bridgehead atoms. The fourth-order valence-electron chi connectivity index (χ4n) is 3.32. The Morgan fingerprint density at radius 2 is 1.83 bits per heavy atom. The second-order valence-corrected chi connectivity index (χ2v) is 6.64. The Balaban J connectivity index is 1.43. The summed E-state index contributed by atoms with van der Waals surface area (Å²) >= 11 is 0. The highest BCUT2D eigenvalue weighted by molar-refractivity contribution is 5.73. The molecule has 1 aliphatic carbocycles. The molecule has 1 heterocycles. The van der Waals surface area contributed by atoms with Gasteiger partial charge in [-0.15, -0.1) is 0 Å². The van der Waals surface area contributed by atoms with Crippen molar-refractivity contribution >= 4 is 6.03 Å². The Morgan fingerprint density at radius 3 is 2.50 bits per heavy atom. The number of benzene rings is 1. The highest BCUT2D eigenvalue weighted by Gasteiger charge is 2.15. The summed E-state index contributed by atoms with van der Waals surface area (Å²) in [6.07, 6.45) is 10.3. The van der Waals surface area contributed by atoms with Crippen LogP contribution in [0.25, 0.3) is 0 Å². The minimum absolute atomic E-state index is 0.169. The van der Waals surface area contributed by atoms with Gasteiger partial charge in [0.25, 0.3) is 0 Å². The maximum absolute atomic E-state index is 11.9. The summed E-state index contributed by atoms with van der Waals surface area (Å²) in [6, 6.07) is 8.53. The zero-order chi connectivity index (χ0) is 16.8. The summed E-state index contributed by atoms with van der Waals surface area (Å²) in [5, 5.41) is 5.71. The van der Waals surface area contributed by atoms with Crippen LogP contribution in [0.4, 0.5) is 4.79 Å². The number of imidazole rings is 1. The maximum atomic E-state index is 11.9. The zero-order valence-electron chi connectivity index (χ0n) is 14.3. The number of aromatic nitrogens is 2. The van der Waals surface area contributed by atoms with Gasteiger partial charge in [-0.3, -0.25) is 0 Å². The molecule has 0 radical (unpaired) electrons. The van der Waals surface area contributed by atoms with Gasteiger partial charge >= 0.3 is 6.03 Å². The zero-order valence-corrected chi connectivity index (χ0v) is 14.3. The van der Waals surface area contributed by atoms with E-state index in [0.717, 1.165) is 17.2 Å². The van der Waals surface area contributed by atoms with E-state index in [1.54, 1.807) is 6.33 Å². The van der Waals surface area contributed by atoms with Crippen LogP contribution in [-0.2, 0) is 20.1 Å². The average Bonchev–Trinajstić information content (AvgIpc) is 3.05. The van der Waals surface area contributed by atoms with E-state index in [1.807, 2.05) is 17.8 Å². The fraction of sp³-hybridized carbons (Fsp3) is 0.474. The molecule has 2 aromatic rings. The second kappa shape index (κ2) is 7.99. The molecule has 0 saturated heterocycles. The molecule has 0 aliphatic heterocycles. The molecule has 5 heteroatoms. The number of hydrogen-bond donors (Lipinski definition) is 2. The summed E-state index contributed by atoms with van der Waals surface area (Å²) in [7, 11) is 1.91. The van der Waals surface area contributed by atoms with Crippen LogP contribution in [0.15, 0.2) is 36.8 Å². The first-order valence-corrected chi connectivity index (χ1v) is 8.78. The lowest BCUT2D eigenvalue weighted by atomic mass is 9.84. The lowest BCUT2D eigenvalue weighted by molar-refractivity contribution is 0.240. The van der Waals surface area contributed by atoms with Crippen LogP contribution in [0.2, 0.25) is 0 Å². The second-order valence-electron chi connectivity index (χ2n) is 6.64. The number of urea groups is 1. The lowest BCUT2D eigenvalue weighted by Crippen LogP contribution is -2.34. The molecule has 24 heavy (non-hydrogen) atoms. The highest BCUT2D eigenvalue weighted by atomic mass is 16.2. The smallest absolute Gasteiger partial charge is 0.315 e. The minimum Gasteiger partial charge on any atom is -0.340 e. The first-order valence-electron chi connectivity index (χ1n) is 8.78. The van der Waals surface area contributed by atoms with E-state index in [1.165, 1.54) is 37.7 Å². The molecule has 128 valence electrons. The van der Waals surface area contributed by atoms with Gasteiger partial charge in [-0.1, -0.05) is 43.5 Å². The van der Waals surface area contributed by atoms with Crippen molar-refractivity contribution in [3.8, 4) is 0 Å². The largest absolute Gasteiger partial charge is 0.340 e. The molecule has 1 aromatic heterocycles. The van der Waals surface area contributed by atoms with Crippen molar-refractivity contribution in [1.29, 1.82) is 0 Å². The maximum Gasteiger partial charge on any atom is 0.315 e. The highest BCUT2D eigenvalue weighted by Crippen LogP contribution is 2.32. The Kier molecular flexibility index (Phi) is 5.51. The molecule has 5 nitrogen and oxygen atoms in total. The number of hydrogen-bond acceptors (Lipinski definition) is 2. The van der Waals surface area contributed by atoms with Crippen molar-refractivity contribution in [2.45, 2.75) is 51.1 Å². The molecule has 2 N–H and O–H groups in total. The number of amides is 2. The van der Waals surface area contributed by atoms with Gasteiger partial charge in [0.15, 0.2) is 0 Å². The molecular formula is C19H26N4O. The van der Waals surface area contributed by atoms with E-state index in [9.17, 15) is 4.79 Å². The normalized spacial score (nSPS) is 15.2. The van der Waals surface area contributed by atoms with Crippen molar-refractivity contribution in [2.24, 2.45) is 7.05 Å². The van der Waals surface area contributed by atoms with Crippen LogP contribution in [0, 0.1) is 0 Å². The van der Waals surface area contributed by atoms with E-state index in [4.69, 9.17) is 0 Å². The van der Waals surface area contributed by atoms with Crippen LogP contribution in [-0.4, -0.2) is 15.6 Å². The predicted molar refractivity (Wildman–Crippen MR) is 94.6 cm³/mol. The summed E-state index contributed by atoms with van der Waals surface area (Å²) in [5.74, 6) is 0.724. The van der Waals surface area contributed by atoms with E-state index < -0.39 is 0 Å². The predicted octanol–water partition coefficient (Wildman–Crippen LogP) is 3.47. The van der Waals surface area contributed by atoms with Crippen molar-refractivity contribution in [2.75, 3.05) is 0 Å². The summed E-state index contributed by atoms with van der Waals surface area (Å²) in [6.45, 7) is 0.978. The molecule has 2 amide bonds. The standard InChI is InChI=1S/C19H26N4O/c1-23-13-18(22-14-23)12-21-19(24)20-11-15-7-9-17(10-8-15)16-5-3-2-4-6-16/h7-10,13-14,16H,2-6,11-12H2,1H3,(H2,20,21,24). The molecule has 3 rings (SSSR count). The Bertz CT molecular complexity index is 656. The number of nitrogens with zero attached hydrogens (tertiary/aromatic N) is 2. The fourth-order valence-corrected chi connectivity index (χ4v) is 3.32. The number of rotatable bonds is 5. The summed E-state index contributed by atoms with van der Waals surface area (Å²) in [4.78, 5) is 16.0. The molecule has 1 fully saturated rings. The Morgan fingerprint density at radius 1 is 1.12 bits per heavy atom. The van der Waals surface area contributed by atoms with E-state index in [2.05, 4.69) is 39.9 Å². The summed E-state index contributed by atoms with van der Waals surface area (Å²) in [5.41, 5.74) is 3.42. The van der Waals surface area contributed by atoms with Gasteiger partial charge in [0.05, 0.1) is 18.6 Å². The quantitative estimate of drug-likeness (QED) is 0.884. The van der Waals surface area contributed by atoms with Crippen molar-refractivity contribution in [3.05, 3.63) is 53.6 Å². The SMILES string of the molecule is Cn1cnc(CNC(=O)NCc2ccc(C3CCCCC3)cc2)c1.